The number of hydrogen-bond donors (Lipinski definition) is 0. The van der Waals surface area contributed by atoms with E-state index in [1.807, 2.05) is 0 Å². The molecule has 0 N–H and O–H groups in total. The van der Waals surface area contributed by atoms with Gasteiger partial charge in [0, 0.05) is 18.6 Å². The first-order valence-corrected chi connectivity index (χ1v) is 2.15. The third kappa shape index (κ3) is 71.7. The Balaban J connectivity index is -0.0000000267. The second kappa shape index (κ2) is 9.66. The third-order valence-electron chi connectivity index (χ3n) is 0. The van der Waals surface area contributed by atoms with E-state index in [0.29, 0.717) is 0 Å². The molecule has 0 saturated heterocycles. The van der Waals surface area contributed by atoms with Crippen LogP contribution in [0.5, 0.6) is 0 Å². The molecule has 8 heteroatoms. The minimum Gasteiger partial charge on any atom is -0.786 e. The molecule has 0 aliphatic heterocycles. The van der Waals surface area contributed by atoms with Gasteiger partial charge in [-0.15, -0.1) is 0 Å². The summed E-state index contributed by atoms with van der Waals surface area (Å²) >= 11 is 0. The quantitative estimate of drug-likeness (QED) is 0.285. The molecule has 0 heterocycles. The summed E-state index contributed by atoms with van der Waals surface area (Å²) in [5.74, 6) is 0. The van der Waals surface area contributed by atoms with Gasteiger partial charge in [0.25, 0.3) is 0 Å². The number of rotatable bonds is 0. The van der Waals surface area contributed by atoms with E-state index in [4.69, 9.17) is 14.4 Å². The molecule has 3 nitrogen and oxygen atoms in total. The molecule has 0 aromatic carbocycles. The average molecular weight is 195 g/mol. The first kappa shape index (κ1) is 22.4. The zero-order valence-electron chi connectivity index (χ0n) is 4.50. The zero-order valence-corrected chi connectivity index (χ0v) is 10.8. The zero-order chi connectivity index (χ0) is 4.50. The van der Waals surface area contributed by atoms with E-state index in [1.54, 1.807) is 0 Å². The van der Waals surface area contributed by atoms with Crippen LogP contribution < -0.4 is 68.9 Å². The Morgan fingerprint density at radius 2 is 1.25 bits per heavy atom. The van der Waals surface area contributed by atoms with Crippen molar-refractivity contribution < 1.29 is 96.2 Å². The fraction of sp³-hybridized carbons (Fsp3) is 0. The SMILES string of the molecule is O=P([O-])([O-])F.[Na+].[Na+].[V]. The summed E-state index contributed by atoms with van der Waals surface area (Å²) in [6.45, 7) is 0. The third-order valence-corrected chi connectivity index (χ3v) is 0. The van der Waals surface area contributed by atoms with E-state index in [2.05, 4.69) is 0 Å². The van der Waals surface area contributed by atoms with Crippen molar-refractivity contribution in [2.75, 3.05) is 0 Å². The van der Waals surface area contributed by atoms with Gasteiger partial charge in [-0.1, -0.05) is 0 Å². The summed E-state index contributed by atoms with van der Waals surface area (Å²) in [4.78, 5) is 16.9. The van der Waals surface area contributed by atoms with Gasteiger partial charge < -0.3 is 14.4 Å². The average Bonchev–Trinajstić information content (AvgIpc) is 0.722. The first-order chi connectivity index (χ1) is 2.00. The van der Waals surface area contributed by atoms with Crippen LogP contribution in [0.3, 0.4) is 0 Å². The molecule has 1 radical (unpaired) electrons. The van der Waals surface area contributed by atoms with Crippen LogP contribution in [0.4, 0.5) is 4.20 Å². The topological polar surface area (TPSA) is 63.2 Å². The van der Waals surface area contributed by atoms with E-state index in [9.17, 15) is 4.20 Å². The molecule has 0 amide bonds. The summed E-state index contributed by atoms with van der Waals surface area (Å²) in [5.41, 5.74) is 0. The molecular weight excluding hydrogens is 195 g/mol. The normalized spacial score (nSPS) is 7.38. The van der Waals surface area contributed by atoms with E-state index in [1.165, 1.54) is 0 Å². The molecule has 0 saturated carbocycles. The van der Waals surface area contributed by atoms with Crippen molar-refractivity contribution in [3.8, 4) is 0 Å². The van der Waals surface area contributed by atoms with Gasteiger partial charge in [-0.3, -0.25) is 0 Å². The van der Waals surface area contributed by atoms with Crippen LogP contribution in [0.25, 0.3) is 0 Å². The van der Waals surface area contributed by atoms with Crippen LogP contribution in [-0.4, -0.2) is 0 Å². The Bertz CT molecular complexity index is 63.4. The molecule has 0 spiro atoms. The van der Waals surface area contributed by atoms with Crippen molar-refractivity contribution in [1.82, 2.24) is 0 Å². The molecule has 0 unspecified atom stereocenters. The maximum absolute atomic E-state index is 10.1. The van der Waals surface area contributed by atoms with Gasteiger partial charge >= 0.3 is 59.1 Å². The molecule has 0 atom stereocenters. The van der Waals surface area contributed by atoms with Crippen LogP contribution >= 0.6 is 7.91 Å². The minimum atomic E-state index is -5.64. The van der Waals surface area contributed by atoms with Gasteiger partial charge in [0.05, 0.1) is 0 Å². The number of halogens is 1. The van der Waals surface area contributed by atoms with Crippen molar-refractivity contribution in [1.29, 1.82) is 0 Å². The van der Waals surface area contributed by atoms with Gasteiger partial charge in [0.1, 0.15) is 7.91 Å². The smallest absolute Gasteiger partial charge is 0.786 e. The predicted octanol–water partition coefficient (Wildman–Crippen LogP) is -7.21. The molecule has 0 rings (SSSR count). The van der Waals surface area contributed by atoms with Crippen LogP contribution in [-0.2, 0) is 23.1 Å². The summed E-state index contributed by atoms with van der Waals surface area (Å²) in [7, 11) is -5.64. The molecule has 0 aliphatic carbocycles. The Morgan fingerprint density at radius 1 is 1.25 bits per heavy atom. The predicted molar refractivity (Wildman–Crippen MR) is 8.71 cm³/mol. The Morgan fingerprint density at radius 3 is 1.25 bits per heavy atom. The molecule has 0 fully saturated rings. The monoisotopic (exact) mass is 195 g/mol. The van der Waals surface area contributed by atoms with Gasteiger partial charge in [-0.2, -0.15) is 0 Å². The maximum atomic E-state index is 10.1. The van der Waals surface area contributed by atoms with Crippen molar-refractivity contribution in [3.63, 3.8) is 0 Å². The summed E-state index contributed by atoms with van der Waals surface area (Å²) in [6.07, 6.45) is 0. The van der Waals surface area contributed by atoms with Crippen LogP contribution in [0, 0.1) is 0 Å². The molecule has 8 heavy (non-hydrogen) atoms. The molecule has 0 aromatic heterocycles. The Kier molecular flexibility index (Phi) is 27.1. The summed E-state index contributed by atoms with van der Waals surface area (Å²) in [5, 5.41) is 0. The Labute approximate surface area is 103 Å². The second-order valence-corrected chi connectivity index (χ2v) is 1.29. The van der Waals surface area contributed by atoms with Crippen LogP contribution in [0.2, 0.25) is 0 Å². The minimum absolute atomic E-state index is 0. The Hall–Kier alpha value is 2.66. The van der Waals surface area contributed by atoms with E-state index < -0.39 is 7.91 Å². The fourth-order valence-electron chi connectivity index (χ4n) is 0. The van der Waals surface area contributed by atoms with Gasteiger partial charge in [-0.25, -0.2) is 4.20 Å². The van der Waals surface area contributed by atoms with Crippen molar-refractivity contribution in [3.05, 3.63) is 0 Å². The summed E-state index contributed by atoms with van der Waals surface area (Å²) < 4.78 is 18.6. The maximum Gasteiger partial charge on any atom is 1.00 e. The van der Waals surface area contributed by atoms with Gasteiger partial charge in [0.15, 0.2) is 0 Å². The fourth-order valence-corrected chi connectivity index (χ4v) is 0. The van der Waals surface area contributed by atoms with Crippen molar-refractivity contribution in [2.24, 2.45) is 0 Å². The van der Waals surface area contributed by atoms with Gasteiger partial charge in [0.2, 0.25) is 0 Å². The van der Waals surface area contributed by atoms with Gasteiger partial charge in [-0.05, 0) is 0 Å². The van der Waals surface area contributed by atoms with Crippen molar-refractivity contribution >= 4 is 7.91 Å². The second-order valence-electron chi connectivity index (χ2n) is 0.431. The molecule has 37 valence electrons. The number of hydrogen-bond acceptors (Lipinski definition) is 3. The largest absolute Gasteiger partial charge is 1.00 e. The van der Waals surface area contributed by atoms with Crippen LogP contribution in [0.1, 0.15) is 0 Å². The van der Waals surface area contributed by atoms with E-state index in [0.717, 1.165) is 0 Å². The van der Waals surface area contributed by atoms with E-state index >= 15 is 0 Å². The molecular formula is FNa2O3PV. The van der Waals surface area contributed by atoms with Crippen molar-refractivity contribution in [2.45, 2.75) is 0 Å². The molecule has 0 bridgehead atoms. The molecule has 0 aromatic rings. The summed E-state index contributed by atoms with van der Waals surface area (Å²) in [6, 6.07) is 0. The molecule has 0 aliphatic rings. The first-order valence-electron chi connectivity index (χ1n) is 0.717. The van der Waals surface area contributed by atoms with E-state index in [-0.39, 0.29) is 77.7 Å². The van der Waals surface area contributed by atoms with Crippen LogP contribution in [0.15, 0.2) is 0 Å². The standard InChI is InChI=1S/FH2O3P.2Na.V/c1-5(2,3)4;;;/h(H2,2,3,4);;;/q;2*+1;/p-2.